The number of nitrogens with zero attached hydrogens (tertiary/aromatic N) is 1. The summed E-state index contributed by atoms with van der Waals surface area (Å²) in [6.07, 6.45) is -4.68. The number of alkyl halides is 3. The minimum atomic E-state index is -4.49. The first-order valence-electron chi connectivity index (χ1n) is 8.28. The van der Waals surface area contributed by atoms with Crippen LogP contribution in [0.4, 0.5) is 18.0 Å². The largest absolute Gasteiger partial charge is 0.481 e. The van der Waals surface area contributed by atoms with Crippen molar-refractivity contribution < 1.29 is 27.9 Å². The van der Waals surface area contributed by atoms with Crippen LogP contribution in [0.15, 0.2) is 42.5 Å². The third-order valence-corrected chi connectivity index (χ3v) is 4.33. The van der Waals surface area contributed by atoms with Crippen LogP contribution < -0.4 is 5.32 Å². The van der Waals surface area contributed by atoms with Crippen molar-refractivity contribution in [3.63, 3.8) is 0 Å². The van der Waals surface area contributed by atoms with Crippen LogP contribution in [0.2, 0.25) is 0 Å². The SMILES string of the molecule is O=C(O)Cc1cccc(-c2ccc(C(F)(F)F)cc2CN2CCNC2=O)c1. The van der Waals surface area contributed by atoms with E-state index in [4.69, 9.17) is 5.11 Å². The smallest absolute Gasteiger partial charge is 0.416 e. The maximum atomic E-state index is 13.1. The molecule has 0 bridgehead atoms. The number of carbonyl (C=O) groups excluding carboxylic acids is 1. The van der Waals surface area contributed by atoms with Gasteiger partial charge in [0.2, 0.25) is 0 Å². The highest BCUT2D eigenvalue weighted by Gasteiger charge is 2.31. The second-order valence-corrected chi connectivity index (χ2v) is 6.29. The van der Waals surface area contributed by atoms with Crippen molar-refractivity contribution in [2.75, 3.05) is 13.1 Å². The summed E-state index contributed by atoms with van der Waals surface area (Å²) in [5.74, 6) is -0.992. The lowest BCUT2D eigenvalue weighted by Crippen LogP contribution is -2.28. The predicted octanol–water partition coefficient (Wildman–Crippen LogP) is 3.52. The Labute approximate surface area is 153 Å². The van der Waals surface area contributed by atoms with Crippen molar-refractivity contribution in [2.24, 2.45) is 0 Å². The molecule has 2 aromatic rings. The maximum Gasteiger partial charge on any atom is 0.416 e. The molecule has 1 fully saturated rings. The number of nitrogens with one attached hydrogen (secondary N) is 1. The predicted molar refractivity (Wildman–Crippen MR) is 92.0 cm³/mol. The van der Waals surface area contributed by atoms with Gasteiger partial charge in [0, 0.05) is 19.6 Å². The van der Waals surface area contributed by atoms with Crippen molar-refractivity contribution >= 4 is 12.0 Å². The number of rotatable bonds is 5. The average molecular weight is 378 g/mol. The number of hydrogen-bond donors (Lipinski definition) is 2. The molecule has 142 valence electrons. The van der Waals surface area contributed by atoms with Crippen LogP contribution in [0, 0.1) is 0 Å². The number of urea groups is 1. The molecule has 3 rings (SSSR count). The van der Waals surface area contributed by atoms with Gasteiger partial charge in [-0.05, 0) is 34.4 Å². The molecule has 2 amide bonds. The molecule has 0 aromatic heterocycles. The molecule has 27 heavy (non-hydrogen) atoms. The van der Waals surface area contributed by atoms with E-state index in [1.807, 2.05) is 0 Å². The molecule has 1 heterocycles. The van der Waals surface area contributed by atoms with Crippen molar-refractivity contribution in [1.82, 2.24) is 10.2 Å². The zero-order valence-electron chi connectivity index (χ0n) is 14.2. The van der Waals surface area contributed by atoms with Crippen LogP contribution in [0.3, 0.4) is 0 Å². The quantitative estimate of drug-likeness (QED) is 0.836. The minimum Gasteiger partial charge on any atom is -0.481 e. The van der Waals surface area contributed by atoms with E-state index in [1.54, 1.807) is 24.3 Å². The fourth-order valence-electron chi connectivity index (χ4n) is 3.07. The number of aliphatic carboxylic acids is 1. The van der Waals surface area contributed by atoms with Crippen molar-refractivity contribution in [3.8, 4) is 11.1 Å². The molecule has 0 saturated carbocycles. The van der Waals surface area contributed by atoms with Gasteiger partial charge in [-0.25, -0.2) is 4.79 Å². The number of carboxylic acid groups (broad SMARTS) is 1. The number of carboxylic acids is 1. The first-order valence-corrected chi connectivity index (χ1v) is 8.28. The molecule has 2 N–H and O–H groups in total. The Bertz CT molecular complexity index is 881. The van der Waals surface area contributed by atoms with Gasteiger partial charge < -0.3 is 15.3 Å². The second-order valence-electron chi connectivity index (χ2n) is 6.29. The highest BCUT2D eigenvalue weighted by Crippen LogP contribution is 2.34. The molecular weight excluding hydrogens is 361 g/mol. The maximum absolute atomic E-state index is 13.1. The summed E-state index contributed by atoms with van der Waals surface area (Å²) in [4.78, 5) is 24.2. The van der Waals surface area contributed by atoms with Gasteiger partial charge in [-0.15, -0.1) is 0 Å². The summed E-state index contributed by atoms with van der Waals surface area (Å²) in [7, 11) is 0. The van der Waals surface area contributed by atoms with E-state index in [9.17, 15) is 22.8 Å². The molecule has 1 aliphatic heterocycles. The van der Waals surface area contributed by atoms with Crippen LogP contribution in [-0.2, 0) is 23.9 Å². The van der Waals surface area contributed by atoms with Crippen LogP contribution in [0.25, 0.3) is 11.1 Å². The fourth-order valence-corrected chi connectivity index (χ4v) is 3.07. The van der Waals surface area contributed by atoms with E-state index < -0.39 is 17.7 Å². The number of carbonyl (C=O) groups is 2. The third-order valence-electron chi connectivity index (χ3n) is 4.33. The van der Waals surface area contributed by atoms with E-state index in [-0.39, 0.29) is 19.0 Å². The van der Waals surface area contributed by atoms with Gasteiger partial charge in [-0.3, -0.25) is 4.79 Å². The van der Waals surface area contributed by atoms with Crippen LogP contribution in [-0.4, -0.2) is 35.1 Å². The van der Waals surface area contributed by atoms with Gasteiger partial charge in [0.1, 0.15) is 0 Å². The van der Waals surface area contributed by atoms with Gasteiger partial charge >= 0.3 is 18.2 Å². The summed E-state index contributed by atoms with van der Waals surface area (Å²) >= 11 is 0. The standard InChI is InChI=1S/C19H17F3N2O3/c20-19(21,22)15-4-5-16(13-3-1-2-12(8-13)9-17(25)26)14(10-15)11-24-7-6-23-18(24)27/h1-5,8,10H,6-7,9,11H2,(H,23,27)(H,25,26). The minimum absolute atomic E-state index is 0.0360. The second kappa shape index (κ2) is 7.30. The molecule has 1 aliphatic rings. The van der Waals surface area contributed by atoms with E-state index in [0.29, 0.717) is 35.3 Å². The lowest BCUT2D eigenvalue weighted by atomic mass is 9.95. The molecule has 0 radical (unpaired) electrons. The Balaban J connectivity index is 2.03. The van der Waals surface area contributed by atoms with Gasteiger partial charge in [-0.2, -0.15) is 13.2 Å². The Kier molecular flexibility index (Phi) is 5.07. The molecule has 8 heteroatoms. The van der Waals surface area contributed by atoms with E-state index in [2.05, 4.69) is 5.32 Å². The fraction of sp³-hybridized carbons (Fsp3) is 0.263. The lowest BCUT2D eigenvalue weighted by Gasteiger charge is -2.19. The zero-order chi connectivity index (χ0) is 19.6. The van der Waals surface area contributed by atoms with Crippen LogP contribution in [0.5, 0.6) is 0 Å². The Morgan fingerprint density at radius 1 is 1.19 bits per heavy atom. The molecule has 1 saturated heterocycles. The van der Waals surface area contributed by atoms with Gasteiger partial charge in [0.15, 0.2) is 0 Å². The number of halogens is 3. The normalized spacial score (nSPS) is 14.3. The summed E-state index contributed by atoms with van der Waals surface area (Å²) < 4.78 is 39.4. The van der Waals surface area contributed by atoms with Gasteiger partial charge in [0.05, 0.1) is 12.0 Å². The molecule has 0 spiro atoms. The van der Waals surface area contributed by atoms with Crippen molar-refractivity contribution in [1.29, 1.82) is 0 Å². The van der Waals surface area contributed by atoms with Gasteiger partial charge in [-0.1, -0.05) is 30.3 Å². The average Bonchev–Trinajstić information content (AvgIpc) is 2.98. The number of benzene rings is 2. The summed E-state index contributed by atoms with van der Waals surface area (Å²) in [5, 5.41) is 11.6. The lowest BCUT2D eigenvalue weighted by molar-refractivity contribution is -0.138. The van der Waals surface area contributed by atoms with E-state index in [0.717, 1.165) is 12.1 Å². The van der Waals surface area contributed by atoms with Gasteiger partial charge in [0.25, 0.3) is 0 Å². The molecule has 2 aromatic carbocycles. The van der Waals surface area contributed by atoms with Crippen LogP contribution >= 0.6 is 0 Å². The number of amides is 2. The van der Waals surface area contributed by atoms with Crippen LogP contribution in [0.1, 0.15) is 16.7 Å². The van der Waals surface area contributed by atoms with Crippen molar-refractivity contribution in [2.45, 2.75) is 19.1 Å². The Morgan fingerprint density at radius 2 is 1.96 bits per heavy atom. The third kappa shape index (κ3) is 4.39. The zero-order valence-corrected chi connectivity index (χ0v) is 14.2. The van der Waals surface area contributed by atoms with E-state index >= 15 is 0 Å². The summed E-state index contributed by atoms with van der Waals surface area (Å²) in [6.45, 7) is 0.892. The molecule has 0 atom stereocenters. The number of hydrogen-bond acceptors (Lipinski definition) is 2. The Morgan fingerprint density at radius 3 is 2.59 bits per heavy atom. The monoisotopic (exact) mass is 378 g/mol. The first-order chi connectivity index (χ1) is 12.7. The van der Waals surface area contributed by atoms with Crippen molar-refractivity contribution in [3.05, 3.63) is 59.2 Å². The molecular formula is C19H17F3N2O3. The summed E-state index contributed by atoms with van der Waals surface area (Å²) in [6, 6.07) is 9.75. The Hall–Kier alpha value is -3.03. The first kappa shape index (κ1) is 18.8. The molecule has 5 nitrogen and oxygen atoms in total. The highest BCUT2D eigenvalue weighted by molar-refractivity contribution is 5.77. The molecule has 0 aliphatic carbocycles. The van der Waals surface area contributed by atoms with E-state index in [1.165, 1.54) is 11.0 Å². The summed E-state index contributed by atoms with van der Waals surface area (Å²) in [5.41, 5.74) is 1.26. The topological polar surface area (TPSA) is 69.6 Å². The highest BCUT2D eigenvalue weighted by atomic mass is 19.4. The molecule has 0 unspecified atom stereocenters.